The summed E-state index contributed by atoms with van der Waals surface area (Å²) in [5.74, 6) is 0.923. The van der Waals surface area contributed by atoms with Crippen molar-refractivity contribution >= 4 is 29.1 Å². The zero-order valence-electron chi connectivity index (χ0n) is 22.4. The molecule has 5 heteroatoms. The third-order valence-corrected chi connectivity index (χ3v) is 5.98. The van der Waals surface area contributed by atoms with Crippen LogP contribution in [0.5, 0.6) is 0 Å². The van der Waals surface area contributed by atoms with Crippen LogP contribution < -0.4 is 14.7 Å². The van der Waals surface area contributed by atoms with Crippen LogP contribution in [0.3, 0.4) is 0 Å². The number of hydrogen-bond donors (Lipinski definition) is 0. The molecule has 3 aromatic carbocycles. The molecule has 0 saturated heterocycles. The average molecular weight is 484 g/mol. The summed E-state index contributed by atoms with van der Waals surface area (Å²) in [6.07, 6.45) is 5.07. The van der Waals surface area contributed by atoms with E-state index in [-0.39, 0.29) is 6.10 Å². The van der Waals surface area contributed by atoms with E-state index in [1.165, 1.54) is 22.5 Å². The number of aldehydes is 1. The molecule has 0 amide bonds. The Morgan fingerprint density at radius 1 is 0.667 bits per heavy atom. The second-order valence-electron chi connectivity index (χ2n) is 9.49. The first-order valence-electron chi connectivity index (χ1n) is 12.0. The molecule has 0 fully saturated rings. The van der Waals surface area contributed by atoms with Crippen LogP contribution in [0.4, 0.5) is 17.1 Å². The van der Waals surface area contributed by atoms with E-state index >= 15 is 0 Å². The van der Waals surface area contributed by atoms with Crippen LogP contribution >= 0.6 is 0 Å². The van der Waals surface area contributed by atoms with Gasteiger partial charge in [-0.25, -0.2) is 0 Å². The fourth-order valence-electron chi connectivity index (χ4n) is 3.75. The molecule has 0 aromatic heterocycles. The first-order chi connectivity index (χ1) is 17.2. The maximum atomic E-state index is 10.3. The Labute approximate surface area is 215 Å². The summed E-state index contributed by atoms with van der Waals surface area (Å²) < 4.78 is 6.29. The molecule has 0 bridgehead atoms. The van der Waals surface area contributed by atoms with Gasteiger partial charge in [0.2, 0.25) is 0 Å². The molecule has 4 rings (SSSR count). The van der Waals surface area contributed by atoms with E-state index in [9.17, 15) is 4.79 Å². The van der Waals surface area contributed by atoms with Gasteiger partial charge in [-0.05, 0) is 90.9 Å². The molecule has 5 nitrogen and oxygen atoms in total. The van der Waals surface area contributed by atoms with Crippen molar-refractivity contribution in [1.29, 1.82) is 0 Å². The van der Waals surface area contributed by atoms with Crippen molar-refractivity contribution in [2.75, 3.05) is 57.0 Å². The molecule has 188 valence electrons. The second-order valence-corrected chi connectivity index (χ2v) is 9.49. The van der Waals surface area contributed by atoms with Gasteiger partial charge in [0.25, 0.3) is 0 Å². The van der Waals surface area contributed by atoms with Crippen molar-refractivity contribution in [1.82, 2.24) is 0 Å². The Morgan fingerprint density at radius 3 is 1.56 bits per heavy atom. The largest absolute Gasteiger partial charge is 0.481 e. The Morgan fingerprint density at radius 2 is 1.11 bits per heavy atom. The third kappa shape index (κ3) is 7.01. The van der Waals surface area contributed by atoms with Crippen LogP contribution in [0.2, 0.25) is 0 Å². The number of hydrogen-bond acceptors (Lipinski definition) is 5. The zero-order chi connectivity index (χ0) is 26.2. The first-order valence-corrected chi connectivity index (χ1v) is 12.0. The summed E-state index contributed by atoms with van der Waals surface area (Å²) in [7, 11) is 12.1. The third-order valence-electron chi connectivity index (χ3n) is 5.98. The monoisotopic (exact) mass is 483 g/mol. The predicted molar refractivity (Wildman–Crippen MR) is 153 cm³/mol. The molecule has 1 aliphatic rings. The number of allylic oxidation sites excluding steroid dienone is 2. The van der Waals surface area contributed by atoms with Crippen molar-refractivity contribution in [3.63, 3.8) is 0 Å². The van der Waals surface area contributed by atoms with E-state index in [0.29, 0.717) is 0 Å². The summed E-state index contributed by atoms with van der Waals surface area (Å²) in [6, 6.07) is 24.5. The summed E-state index contributed by atoms with van der Waals surface area (Å²) in [4.78, 5) is 16.5. The summed E-state index contributed by atoms with van der Waals surface area (Å²) >= 11 is 0. The van der Waals surface area contributed by atoms with Crippen molar-refractivity contribution in [2.45, 2.75) is 13.0 Å². The minimum Gasteiger partial charge on any atom is -0.481 e. The SMILES string of the molecule is CC1=CC(c2ccc(N(C)C)cc2)OC(c2ccc(N(C)C)cc2)=C1.CN(C)c1ccc(C=O)cc1. The molecular formula is C31H37N3O2. The Kier molecular flexibility index (Phi) is 8.96. The van der Waals surface area contributed by atoms with Crippen molar-refractivity contribution < 1.29 is 9.53 Å². The normalized spacial score (nSPS) is 14.4. The van der Waals surface area contributed by atoms with Gasteiger partial charge in [-0.3, -0.25) is 4.79 Å². The fourth-order valence-corrected chi connectivity index (χ4v) is 3.75. The van der Waals surface area contributed by atoms with Gasteiger partial charge in [0.15, 0.2) is 0 Å². The molecule has 3 aromatic rings. The number of ether oxygens (including phenoxy) is 1. The molecule has 1 aliphatic heterocycles. The fraction of sp³-hybridized carbons (Fsp3) is 0.258. The lowest BCUT2D eigenvalue weighted by Gasteiger charge is -2.24. The predicted octanol–water partition coefficient (Wildman–Crippen LogP) is 6.44. The lowest BCUT2D eigenvalue weighted by atomic mass is 10.0. The molecule has 0 radical (unpaired) electrons. The van der Waals surface area contributed by atoms with Gasteiger partial charge >= 0.3 is 0 Å². The summed E-state index contributed by atoms with van der Waals surface area (Å²) in [5, 5.41) is 0. The quantitative estimate of drug-likeness (QED) is 0.377. The van der Waals surface area contributed by atoms with E-state index in [0.717, 1.165) is 28.9 Å². The van der Waals surface area contributed by atoms with Gasteiger partial charge < -0.3 is 19.4 Å². The standard InChI is InChI=1S/C22H26N2O.C9H11NO/c1-16-14-21(17-6-10-19(11-7-17)23(2)3)25-22(15-16)18-8-12-20(13-9-18)24(4)5;1-10(2)9-5-3-8(7-11)4-6-9/h6-15,21H,1-5H3;3-7H,1-2H3. The van der Waals surface area contributed by atoms with Crippen LogP contribution in [-0.2, 0) is 4.74 Å². The van der Waals surface area contributed by atoms with E-state index in [1.54, 1.807) is 0 Å². The lowest BCUT2D eigenvalue weighted by Crippen LogP contribution is -2.10. The molecular weight excluding hydrogens is 446 g/mol. The number of carbonyl (C=O) groups is 1. The second kappa shape index (κ2) is 12.1. The molecule has 36 heavy (non-hydrogen) atoms. The minimum absolute atomic E-state index is 0.0512. The van der Waals surface area contributed by atoms with E-state index in [2.05, 4.69) is 91.5 Å². The average Bonchev–Trinajstić information content (AvgIpc) is 2.89. The van der Waals surface area contributed by atoms with Crippen LogP contribution in [0.15, 0.2) is 90.5 Å². The van der Waals surface area contributed by atoms with Gasteiger partial charge in [0.05, 0.1) is 0 Å². The zero-order valence-corrected chi connectivity index (χ0v) is 22.4. The van der Waals surface area contributed by atoms with E-state index in [4.69, 9.17) is 4.74 Å². The topological polar surface area (TPSA) is 36.0 Å². The number of rotatable bonds is 6. The molecule has 1 heterocycles. The highest BCUT2D eigenvalue weighted by Crippen LogP contribution is 2.34. The highest BCUT2D eigenvalue weighted by Gasteiger charge is 2.18. The molecule has 1 unspecified atom stereocenters. The number of carbonyl (C=O) groups excluding carboxylic acids is 1. The van der Waals surface area contributed by atoms with Crippen molar-refractivity contribution in [2.24, 2.45) is 0 Å². The molecule has 0 spiro atoms. The van der Waals surface area contributed by atoms with Gasteiger partial charge in [-0.15, -0.1) is 0 Å². The Balaban J connectivity index is 0.000000275. The van der Waals surface area contributed by atoms with Gasteiger partial charge in [-0.2, -0.15) is 0 Å². The smallest absolute Gasteiger partial charge is 0.150 e. The highest BCUT2D eigenvalue weighted by atomic mass is 16.5. The number of nitrogens with zero attached hydrogens (tertiary/aromatic N) is 3. The van der Waals surface area contributed by atoms with Crippen LogP contribution in [0, 0.1) is 0 Å². The minimum atomic E-state index is -0.0512. The van der Waals surface area contributed by atoms with Crippen molar-refractivity contribution in [3.05, 3.63) is 107 Å². The highest BCUT2D eigenvalue weighted by molar-refractivity contribution is 5.75. The maximum absolute atomic E-state index is 10.3. The molecule has 0 N–H and O–H groups in total. The van der Waals surface area contributed by atoms with E-state index in [1.807, 2.05) is 57.4 Å². The van der Waals surface area contributed by atoms with Gasteiger partial charge in [0, 0.05) is 70.5 Å². The van der Waals surface area contributed by atoms with Gasteiger partial charge in [0.1, 0.15) is 18.1 Å². The Hall–Kier alpha value is -3.99. The maximum Gasteiger partial charge on any atom is 0.150 e. The summed E-state index contributed by atoms with van der Waals surface area (Å²) in [5.41, 5.74) is 7.69. The van der Waals surface area contributed by atoms with Crippen LogP contribution in [0.25, 0.3) is 5.76 Å². The molecule has 0 saturated carbocycles. The molecule has 1 atom stereocenters. The van der Waals surface area contributed by atoms with Crippen molar-refractivity contribution in [3.8, 4) is 0 Å². The lowest BCUT2D eigenvalue weighted by molar-refractivity contribution is 0.112. The Bertz CT molecular complexity index is 1190. The number of benzene rings is 3. The number of anilines is 3. The van der Waals surface area contributed by atoms with Gasteiger partial charge in [-0.1, -0.05) is 12.1 Å². The van der Waals surface area contributed by atoms with E-state index < -0.39 is 0 Å². The van der Waals surface area contributed by atoms with Crippen LogP contribution in [0.1, 0.15) is 34.5 Å². The summed E-state index contributed by atoms with van der Waals surface area (Å²) in [6.45, 7) is 2.12. The van der Waals surface area contributed by atoms with Crippen LogP contribution in [-0.4, -0.2) is 48.6 Å². The first kappa shape index (κ1) is 26.6. The molecule has 0 aliphatic carbocycles.